The maximum absolute atomic E-state index is 12.2. The molecule has 18 heavy (non-hydrogen) atoms. The first-order valence-corrected chi connectivity index (χ1v) is 7.93. The first-order valence-electron chi connectivity index (χ1n) is 5.63. The van der Waals surface area contributed by atoms with E-state index in [1.165, 1.54) is 11.3 Å². The molecule has 0 saturated carbocycles. The molecular weight excluding hydrogens is 274 g/mol. The number of aryl methyl sites for hydroxylation is 2. The number of hydrogen-bond acceptors (Lipinski definition) is 5. The Morgan fingerprint density at radius 1 is 1.33 bits per heavy atom. The molecular formula is C11H19NO4S2. The minimum absolute atomic E-state index is 0.213. The zero-order valence-corrected chi connectivity index (χ0v) is 12.4. The van der Waals surface area contributed by atoms with E-state index in [0.717, 1.165) is 4.88 Å². The molecule has 5 nitrogen and oxygen atoms in total. The van der Waals surface area contributed by atoms with E-state index in [0.29, 0.717) is 11.3 Å². The van der Waals surface area contributed by atoms with Gasteiger partial charge in [-0.05, 0) is 26.3 Å². The summed E-state index contributed by atoms with van der Waals surface area (Å²) in [4.78, 5) is 1.81. The number of aliphatic hydroxyl groups excluding tert-OH is 2. The van der Waals surface area contributed by atoms with Crippen LogP contribution in [0.15, 0.2) is 11.0 Å². The molecule has 0 saturated heterocycles. The summed E-state index contributed by atoms with van der Waals surface area (Å²) in [6, 6.07) is 1.59. The zero-order valence-electron chi connectivity index (χ0n) is 10.7. The maximum Gasteiger partial charge on any atom is 0.242 e. The molecule has 0 radical (unpaired) electrons. The van der Waals surface area contributed by atoms with Crippen LogP contribution in [0.2, 0.25) is 0 Å². The Labute approximate surface area is 112 Å². The van der Waals surface area contributed by atoms with E-state index in [1.54, 1.807) is 19.9 Å². The highest BCUT2D eigenvalue weighted by atomic mass is 32.2. The van der Waals surface area contributed by atoms with Crippen molar-refractivity contribution in [1.29, 1.82) is 0 Å². The molecule has 1 heterocycles. The Balaban J connectivity index is 3.12. The fraction of sp³-hybridized carbons (Fsp3) is 0.636. The van der Waals surface area contributed by atoms with Gasteiger partial charge in [-0.25, -0.2) is 13.1 Å². The van der Waals surface area contributed by atoms with E-state index in [1.807, 2.05) is 6.92 Å². The van der Waals surface area contributed by atoms with E-state index >= 15 is 0 Å². The number of rotatable bonds is 6. The minimum Gasteiger partial charge on any atom is -0.394 e. The monoisotopic (exact) mass is 293 g/mol. The lowest BCUT2D eigenvalue weighted by Crippen LogP contribution is -2.53. The van der Waals surface area contributed by atoms with Crippen molar-refractivity contribution in [2.45, 2.75) is 37.6 Å². The predicted molar refractivity (Wildman–Crippen MR) is 71.3 cm³/mol. The van der Waals surface area contributed by atoms with Crippen LogP contribution >= 0.6 is 11.3 Å². The lowest BCUT2D eigenvalue weighted by atomic mass is 10.0. The summed E-state index contributed by atoms with van der Waals surface area (Å²) in [6.45, 7) is 4.39. The lowest BCUT2D eigenvalue weighted by Gasteiger charge is -2.29. The smallest absolute Gasteiger partial charge is 0.242 e. The molecule has 0 aliphatic rings. The Morgan fingerprint density at radius 2 is 1.89 bits per heavy atom. The Bertz CT molecular complexity index is 495. The van der Waals surface area contributed by atoms with Gasteiger partial charge in [0.25, 0.3) is 0 Å². The number of nitrogens with one attached hydrogen (secondary N) is 1. The summed E-state index contributed by atoms with van der Waals surface area (Å²) in [5.41, 5.74) is -1.21. The van der Waals surface area contributed by atoms with Crippen molar-refractivity contribution in [2.24, 2.45) is 0 Å². The molecule has 7 heteroatoms. The molecule has 0 aliphatic heterocycles. The summed E-state index contributed by atoms with van der Waals surface area (Å²) in [6.07, 6.45) is 0.307. The molecule has 3 N–H and O–H groups in total. The molecule has 1 aromatic rings. The number of aliphatic hydroxyl groups is 2. The number of sulfonamides is 1. The highest BCUT2D eigenvalue weighted by Gasteiger charge is 2.33. The summed E-state index contributed by atoms with van der Waals surface area (Å²) >= 11 is 1.40. The lowest BCUT2D eigenvalue weighted by molar-refractivity contribution is 0.105. The molecule has 1 aromatic heterocycles. The molecule has 0 spiro atoms. The Hall–Kier alpha value is -0.470. The molecule has 0 atom stereocenters. The Kier molecular flexibility index (Phi) is 4.90. The summed E-state index contributed by atoms with van der Waals surface area (Å²) < 4.78 is 26.9. The van der Waals surface area contributed by atoms with Crippen LogP contribution < -0.4 is 4.72 Å². The van der Waals surface area contributed by atoms with Crippen LogP contribution in [0.1, 0.15) is 23.1 Å². The average Bonchev–Trinajstić information content (AvgIpc) is 2.66. The second-order valence-electron chi connectivity index (χ2n) is 4.33. The second-order valence-corrected chi connectivity index (χ2v) is 7.44. The van der Waals surface area contributed by atoms with Crippen LogP contribution in [0.25, 0.3) is 0 Å². The van der Waals surface area contributed by atoms with Crippen molar-refractivity contribution < 1.29 is 18.6 Å². The Morgan fingerprint density at radius 3 is 2.22 bits per heavy atom. The normalized spacial score (nSPS) is 12.9. The van der Waals surface area contributed by atoms with Crippen LogP contribution in [0.3, 0.4) is 0 Å². The van der Waals surface area contributed by atoms with Gasteiger partial charge >= 0.3 is 0 Å². The zero-order chi connectivity index (χ0) is 14.0. The van der Waals surface area contributed by atoms with E-state index in [-0.39, 0.29) is 4.90 Å². The van der Waals surface area contributed by atoms with Crippen LogP contribution in [-0.4, -0.2) is 37.4 Å². The van der Waals surface area contributed by atoms with Gasteiger partial charge < -0.3 is 10.2 Å². The van der Waals surface area contributed by atoms with Crippen molar-refractivity contribution in [3.8, 4) is 0 Å². The summed E-state index contributed by atoms with van der Waals surface area (Å²) in [5.74, 6) is 0. The SMILES string of the molecule is CCC(CO)(CO)NS(=O)(=O)c1cc(C)sc1C. The quantitative estimate of drug-likeness (QED) is 0.723. The summed E-state index contributed by atoms with van der Waals surface area (Å²) in [5, 5.41) is 18.6. The first-order chi connectivity index (χ1) is 8.30. The van der Waals surface area contributed by atoms with Crippen molar-refractivity contribution in [3.63, 3.8) is 0 Å². The third kappa shape index (κ3) is 3.10. The van der Waals surface area contributed by atoms with E-state index < -0.39 is 28.8 Å². The van der Waals surface area contributed by atoms with Gasteiger partial charge in [-0.15, -0.1) is 11.3 Å². The van der Waals surface area contributed by atoms with Gasteiger partial charge in [-0.2, -0.15) is 0 Å². The van der Waals surface area contributed by atoms with Gasteiger partial charge in [0.05, 0.1) is 23.6 Å². The van der Waals surface area contributed by atoms with Crippen molar-refractivity contribution >= 4 is 21.4 Å². The van der Waals surface area contributed by atoms with E-state index in [9.17, 15) is 18.6 Å². The van der Waals surface area contributed by atoms with Crippen molar-refractivity contribution in [2.75, 3.05) is 13.2 Å². The van der Waals surface area contributed by atoms with Crippen molar-refractivity contribution in [3.05, 3.63) is 15.8 Å². The molecule has 1 rings (SSSR count). The highest BCUT2D eigenvalue weighted by Crippen LogP contribution is 2.26. The molecule has 0 unspecified atom stereocenters. The van der Waals surface area contributed by atoms with Gasteiger partial charge in [0.1, 0.15) is 0 Å². The first kappa shape index (κ1) is 15.6. The molecule has 0 aromatic carbocycles. The topological polar surface area (TPSA) is 86.6 Å². The van der Waals surface area contributed by atoms with Crippen molar-refractivity contribution in [1.82, 2.24) is 4.72 Å². The predicted octanol–water partition coefficient (Wildman–Crippen LogP) is 0.777. The maximum atomic E-state index is 12.2. The molecule has 0 aliphatic carbocycles. The van der Waals surface area contributed by atoms with E-state index in [2.05, 4.69) is 4.72 Å². The van der Waals surface area contributed by atoms with Gasteiger partial charge in [0.15, 0.2) is 0 Å². The van der Waals surface area contributed by atoms with Gasteiger partial charge in [0, 0.05) is 9.75 Å². The van der Waals surface area contributed by atoms with Gasteiger partial charge in [0.2, 0.25) is 10.0 Å². The van der Waals surface area contributed by atoms with Crippen LogP contribution in [-0.2, 0) is 10.0 Å². The van der Waals surface area contributed by atoms with Gasteiger partial charge in [-0.1, -0.05) is 6.92 Å². The van der Waals surface area contributed by atoms with Crippen LogP contribution in [0, 0.1) is 13.8 Å². The molecule has 0 amide bonds. The number of thiophene rings is 1. The molecule has 0 bridgehead atoms. The van der Waals surface area contributed by atoms with E-state index in [4.69, 9.17) is 0 Å². The number of hydrogen-bond donors (Lipinski definition) is 3. The molecule has 0 fully saturated rings. The summed E-state index contributed by atoms with van der Waals surface area (Å²) in [7, 11) is -3.72. The van der Waals surface area contributed by atoms with Crippen LogP contribution in [0.4, 0.5) is 0 Å². The highest BCUT2D eigenvalue weighted by molar-refractivity contribution is 7.89. The largest absolute Gasteiger partial charge is 0.394 e. The van der Waals surface area contributed by atoms with Gasteiger partial charge in [-0.3, -0.25) is 0 Å². The van der Waals surface area contributed by atoms with Crippen LogP contribution in [0.5, 0.6) is 0 Å². The average molecular weight is 293 g/mol. The third-order valence-electron chi connectivity index (χ3n) is 2.92. The minimum atomic E-state index is -3.72. The second kappa shape index (κ2) is 5.66. The fourth-order valence-electron chi connectivity index (χ4n) is 1.62. The fourth-order valence-corrected chi connectivity index (χ4v) is 4.64. The molecule has 104 valence electrons. The standard InChI is InChI=1S/C11H19NO4S2/c1-4-11(6-13,7-14)12-18(15,16)10-5-8(2)17-9(10)3/h5,12-14H,4,6-7H2,1-3H3. The third-order valence-corrected chi connectivity index (χ3v) is 5.72.